The van der Waals surface area contributed by atoms with Gasteiger partial charge in [-0.2, -0.15) is 11.8 Å². The Morgan fingerprint density at radius 3 is 2.86 bits per heavy atom. The van der Waals surface area contributed by atoms with E-state index in [-0.39, 0.29) is 0 Å². The number of thioether (sulfide) groups is 1. The fourth-order valence-electron chi connectivity index (χ4n) is 3.13. The van der Waals surface area contributed by atoms with Gasteiger partial charge in [0.05, 0.1) is 6.04 Å². The highest BCUT2D eigenvalue weighted by Gasteiger charge is 2.20. The first kappa shape index (κ1) is 15.0. The van der Waals surface area contributed by atoms with Gasteiger partial charge in [0.25, 0.3) is 0 Å². The van der Waals surface area contributed by atoms with Crippen LogP contribution in [0.5, 0.6) is 0 Å². The predicted octanol–water partition coefficient (Wildman–Crippen LogP) is 5.07. The molecule has 1 N–H and O–H groups in total. The average Bonchev–Trinajstić information content (AvgIpc) is 3.11. The number of hydrogen-bond donors (Lipinski definition) is 1. The average molecular weight is 303 g/mol. The molecule has 0 amide bonds. The third kappa shape index (κ3) is 3.64. The van der Waals surface area contributed by atoms with Gasteiger partial charge in [0.15, 0.2) is 0 Å². The van der Waals surface area contributed by atoms with Crippen LogP contribution in [0.15, 0.2) is 28.7 Å². The van der Waals surface area contributed by atoms with Crippen LogP contribution in [0.25, 0.3) is 11.0 Å². The molecule has 1 atom stereocenters. The van der Waals surface area contributed by atoms with Crippen LogP contribution in [-0.4, -0.2) is 17.5 Å². The topological polar surface area (TPSA) is 25.2 Å². The Morgan fingerprint density at radius 2 is 2.10 bits per heavy atom. The Hall–Kier alpha value is -0.930. The molecule has 114 valence electrons. The van der Waals surface area contributed by atoms with Gasteiger partial charge in [-0.25, -0.2) is 0 Å². The van der Waals surface area contributed by atoms with Crippen LogP contribution in [0.3, 0.4) is 0 Å². The number of furan rings is 1. The molecule has 1 aromatic heterocycles. The van der Waals surface area contributed by atoms with Crippen LogP contribution in [0.4, 0.5) is 0 Å². The zero-order valence-corrected chi connectivity index (χ0v) is 13.8. The van der Waals surface area contributed by atoms with Gasteiger partial charge in [0.1, 0.15) is 11.3 Å². The Labute approximate surface area is 131 Å². The molecule has 1 aliphatic rings. The van der Waals surface area contributed by atoms with Crippen LogP contribution in [0.2, 0.25) is 0 Å². The van der Waals surface area contributed by atoms with Crippen LogP contribution >= 0.6 is 11.8 Å². The second-order valence-electron chi connectivity index (χ2n) is 6.04. The van der Waals surface area contributed by atoms with Crippen molar-refractivity contribution in [3.05, 3.63) is 35.6 Å². The number of hydrogen-bond acceptors (Lipinski definition) is 3. The van der Waals surface area contributed by atoms with Crippen molar-refractivity contribution in [2.75, 3.05) is 12.3 Å². The summed E-state index contributed by atoms with van der Waals surface area (Å²) in [7, 11) is 0. The molecule has 21 heavy (non-hydrogen) atoms. The molecule has 1 aromatic carbocycles. The van der Waals surface area contributed by atoms with Gasteiger partial charge in [-0.1, -0.05) is 31.4 Å². The van der Waals surface area contributed by atoms with Crippen LogP contribution < -0.4 is 5.32 Å². The summed E-state index contributed by atoms with van der Waals surface area (Å²) < 4.78 is 6.08. The molecule has 1 unspecified atom stereocenters. The number of benzene rings is 1. The van der Waals surface area contributed by atoms with Gasteiger partial charge in [-0.05, 0) is 44.5 Å². The maximum absolute atomic E-state index is 6.08. The summed E-state index contributed by atoms with van der Waals surface area (Å²) in [6, 6.07) is 8.94. The summed E-state index contributed by atoms with van der Waals surface area (Å²) >= 11 is 2.12. The van der Waals surface area contributed by atoms with E-state index in [0.717, 1.165) is 28.9 Å². The lowest BCUT2D eigenvalue weighted by Gasteiger charge is -2.17. The van der Waals surface area contributed by atoms with Gasteiger partial charge < -0.3 is 9.73 Å². The highest BCUT2D eigenvalue weighted by Crippen LogP contribution is 2.33. The molecule has 0 saturated heterocycles. The van der Waals surface area contributed by atoms with Crippen molar-refractivity contribution in [1.29, 1.82) is 0 Å². The van der Waals surface area contributed by atoms with Gasteiger partial charge in [0, 0.05) is 16.4 Å². The molecular weight excluding hydrogens is 278 g/mol. The van der Waals surface area contributed by atoms with Crippen molar-refractivity contribution in [3.8, 4) is 0 Å². The molecule has 2 aromatic rings. The van der Waals surface area contributed by atoms with Crippen molar-refractivity contribution in [2.24, 2.45) is 0 Å². The molecule has 3 rings (SSSR count). The number of fused-ring (bicyclic) bond motifs is 1. The lowest BCUT2D eigenvalue weighted by atomic mass is 10.1. The van der Waals surface area contributed by atoms with Crippen molar-refractivity contribution in [3.63, 3.8) is 0 Å². The lowest BCUT2D eigenvalue weighted by molar-refractivity contribution is 0.463. The Bertz CT molecular complexity index is 586. The van der Waals surface area contributed by atoms with E-state index in [9.17, 15) is 0 Å². The summed E-state index contributed by atoms with van der Waals surface area (Å²) in [5, 5.41) is 5.66. The van der Waals surface area contributed by atoms with Gasteiger partial charge in [0.2, 0.25) is 0 Å². The van der Waals surface area contributed by atoms with Crippen molar-refractivity contribution in [2.45, 2.75) is 50.8 Å². The Kier molecular flexibility index (Phi) is 4.91. The zero-order chi connectivity index (χ0) is 14.7. The lowest BCUT2D eigenvalue weighted by Crippen LogP contribution is -2.23. The van der Waals surface area contributed by atoms with E-state index in [2.05, 4.69) is 55.2 Å². The SMILES string of the molecule is CCNC(CSC1CCCC1)c1cc2cc(C)ccc2o1. The standard InChI is InChI=1S/C18H25NOS/c1-3-19-16(12-21-15-6-4-5-7-15)18-11-14-10-13(2)8-9-17(14)20-18/h8-11,15-16,19H,3-7,12H2,1-2H3. The van der Waals surface area contributed by atoms with Crippen LogP contribution in [0, 0.1) is 6.92 Å². The van der Waals surface area contributed by atoms with E-state index in [1.807, 2.05) is 0 Å². The quantitative estimate of drug-likeness (QED) is 0.806. The normalized spacial score (nSPS) is 17.6. The largest absolute Gasteiger partial charge is 0.459 e. The van der Waals surface area contributed by atoms with Gasteiger partial charge in [-0.15, -0.1) is 0 Å². The van der Waals surface area contributed by atoms with E-state index in [1.165, 1.54) is 36.6 Å². The summed E-state index contributed by atoms with van der Waals surface area (Å²) in [4.78, 5) is 0. The van der Waals surface area contributed by atoms with E-state index >= 15 is 0 Å². The first-order valence-corrected chi connectivity index (χ1v) is 9.16. The second-order valence-corrected chi connectivity index (χ2v) is 7.37. The fourth-order valence-corrected chi connectivity index (χ4v) is 4.54. The van der Waals surface area contributed by atoms with Crippen molar-refractivity contribution >= 4 is 22.7 Å². The molecule has 3 heteroatoms. The number of aryl methyl sites for hydroxylation is 1. The number of rotatable bonds is 6. The summed E-state index contributed by atoms with van der Waals surface area (Å²) in [5.74, 6) is 2.19. The highest BCUT2D eigenvalue weighted by molar-refractivity contribution is 7.99. The fraction of sp³-hybridized carbons (Fsp3) is 0.556. The predicted molar refractivity (Wildman–Crippen MR) is 92.1 cm³/mol. The minimum atomic E-state index is 0.327. The Morgan fingerprint density at radius 1 is 1.29 bits per heavy atom. The van der Waals surface area contributed by atoms with Crippen LogP contribution in [-0.2, 0) is 0 Å². The third-order valence-corrected chi connectivity index (χ3v) is 5.75. The maximum Gasteiger partial charge on any atom is 0.134 e. The second kappa shape index (κ2) is 6.89. The first-order chi connectivity index (χ1) is 10.3. The maximum atomic E-state index is 6.08. The Balaban J connectivity index is 1.74. The van der Waals surface area contributed by atoms with E-state index in [4.69, 9.17) is 4.42 Å². The zero-order valence-electron chi connectivity index (χ0n) is 13.0. The van der Waals surface area contributed by atoms with Crippen molar-refractivity contribution < 1.29 is 4.42 Å². The minimum absolute atomic E-state index is 0.327. The molecule has 1 fully saturated rings. The summed E-state index contributed by atoms with van der Waals surface area (Å²) in [5.41, 5.74) is 2.29. The van der Waals surface area contributed by atoms with Crippen LogP contribution in [0.1, 0.15) is 50.0 Å². The number of nitrogens with one attached hydrogen (secondary N) is 1. The molecule has 0 aliphatic heterocycles. The molecular formula is C18H25NOS. The first-order valence-electron chi connectivity index (χ1n) is 8.11. The summed E-state index contributed by atoms with van der Waals surface area (Å²) in [6.45, 7) is 5.27. The monoisotopic (exact) mass is 303 g/mol. The highest BCUT2D eigenvalue weighted by atomic mass is 32.2. The molecule has 0 radical (unpaired) electrons. The van der Waals surface area contributed by atoms with Gasteiger partial charge in [-0.3, -0.25) is 0 Å². The third-order valence-electron chi connectivity index (χ3n) is 4.29. The molecule has 0 bridgehead atoms. The van der Waals surface area contributed by atoms with E-state index in [1.54, 1.807) is 0 Å². The van der Waals surface area contributed by atoms with E-state index in [0.29, 0.717) is 6.04 Å². The van der Waals surface area contributed by atoms with E-state index < -0.39 is 0 Å². The summed E-state index contributed by atoms with van der Waals surface area (Å²) in [6.07, 6.45) is 5.60. The molecule has 1 saturated carbocycles. The van der Waals surface area contributed by atoms with Crippen molar-refractivity contribution in [1.82, 2.24) is 5.32 Å². The minimum Gasteiger partial charge on any atom is -0.459 e. The molecule has 2 nitrogen and oxygen atoms in total. The van der Waals surface area contributed by atoms with Gasteiger partial charge >= 0.3 is 0 Å². The smallest absolute Gasteiger partial charge is 0.134 e. The molecule has 1 heterocycles. The molecule has 1 aliphatic carbocycles. The molecule has 0 spiro atoms.